The van der Waals surface area contributed by atoms with Crippen LogP contribution in [0.4, 0.5) is 10.2 Å². The second-order valence-electron chi connectivity index (χ2n) is 8.32. The van der Waals surface area contributed by atoms with Crippen LogP contribution in [0.5, 0.6) is 0 Å². The van der Waals surface area contributed by atoms with E-state index in [1.807, 2.05) is 4.90 Å². The zero-order valence-corrected chi connectivity index (χ0v) is 19.9. The number of carbonyl (C=O) groups excluding carboxylic acids is 2. The van der Waals surface area contributed by atoms with Gasteiger partial charge in [-0.2, -0.15) is 4.98 Å². The van der Waals surface area contributed by atoms with Crippen LogP contribution in [0.15, 0.2) is 41.1 Å². The summed E-state index contributed by atoms with van der Waals surface area (Å²) in [4.78, 5) is 37.3. The molecule has 1 aromatic carbocycles. The smallest absolute Gasteiger partial charge is 0.339 e. The average molecular weight is 482 g/mol. The van der Waals surface area contributed by atoms with Gasteiger partial charge in [-0.15, -0.1) is 0 Å². The first-order valence-corrected chi connectivity index (χ1v) is 11.7. The Morgan fingerprint density at radius 2 is 2.00 bits per heavy atom. The van der Waals surface area contributed by atoms with E-state index >= 15 is 0 Å². The molecule has 3 heterocycles. The summed E-state index contributed by atoms with van der Waals surface area (Å²) in [6.07, 6.45) is 2.92. The Kier molecular flexibility index (Phi) is 7.69. The Bertz CT molecular complexity index is 1180. The van der Waals surface area contributed by atoms with Gasteiger partial charge < -0.3 is 19.1 Å². The van der Waals surface area contributed by atoms with E-state index in [4.69, 9.17) is 9.26 Å². The lowest BCUT2D eigenvalue weighted by atomic mass is 10.1. The van der Waals surface area contributed by atoms with Crippen molar-refractivity contribution < 1.29 is 23.2 Å². The van der Waals surface area contributed by atoms with Crippen molar-refractivity contribution in [3.05, 3.63) is 59.4 Å². The van der Waals surface area contributed by atoms with Crippen molar-refractivity contribution in [3.8, 4) is 11.4 Å². The molecule has 3 aromatic rings. The number of pyridine rings is 1. The third kappa shape index (κ3) is 6.00. The minimum atomic E-state index is -0.389. The predicted octanol–water partition coefficient (Wildman–Crippen LogP) is 3.43. The summed E-state index contributed by atoms with van der Waals surface area (Å²) in [7, 11) is 0. The fourth-order valence-electron chi connectivity index (χ4n) is 3.93. The second-order valence-corrected chi connectivity index (χ2v) is 8.32. The van der Waals surface area contributed by atoms with Crippen LogP contribution in [-0.2, 0) is 16.0 Å². The third-order valence-electron chi connectivity index (χ3n) is 5.87. The average Bonchev–Trinajstić information content (AvgIpc) is 3.20. The minimum absolute atomic E-state index is 0.0230. The quantitative estimate of drug-likeness (QED) is 0.473. The highest BCUT2D eigenvalue weighted by atomic mass is 19.1. The molecule has 1 fully saturated rings. The maximum absolute atomic E-state index is 13.5. The van der Waals surface area contributed by atoms with Gasteiger partial charge in [0.25, 0.3) is 0 Å². The molecule has 1 aliphatic rings. The number of ether oxygens (including phenoxy) is 1. The van der Waals surface area contributed by atoms with Gasteiger partial charge in [-0.3, -0.25) is 4.79 Å². The number of aryl methyl sites for hydroxylation is 2. The molecule has 4 rings (SSSR count). The molecule has 0 aliphatic carbocycles. The number of esters is 1. The molecule has 0 saturated carbocycles. The van der Waals surface area contributed by atoms with E-state index in [-0.39, 0.29) is 24.1 Å². The van der Waals surface area contributed by atoms with Crippen LogP contribution in [0.25, 0.3) is 11.4 Å². The minimum Gasteiger partial charge on any atom is -0.462 e. The lowest BCUT2D eigenvalue weighted by molar-refractivity contribution is -0.131. The normalized spacial score (nSPS) is 14.0. The first-order chi connectivity index (χ1) is 16.9. The largest absolute Gasteiger partial charge is 0.462 e. The molecule has 10 heteroatoms. The van der Waals surface area contributed by atoms with Crippen LogP contribution < -0.4 is 4.90 Å². The molecule has 184 valence electrons. The molecule has 0 N–H and O–H groups in total. The molecule has 0 bridgehead atoms. The summed E-state index contributed by atoms with van der Waals surface area (Å²) in [5.41, 5.74) is 1.59. The molecule has 0 radical (unpaired) electrons. The van der Waals surface area contributed by atoms with E-state index in [2.05, 4.69) is 20.0 Å². The highest BCUT2D eigenvalue weighted by molar-refractivity contribution is 5.89. The SMILES string of the molecule is CCOC(=O)c1ccc(N2CCCN(C(=O)CCc3nc(-c4ccc(F)c(C)c4)no3)CC2)nc1. The zero-order valence-electron chi connectivity index (χ0n) is 19.9. The summed E-state index contributed by atoms with van der Waals surface area (Å²) in [5.74, 6) is 0.862. The Hall–Kier alpha value is -3.82. The van der Waals surface area contributed by atoms with Gasteiger partial charge in [0.1, 0.15) is 11.6 Å². The maximum atomic E-state index is 13.5. The molecule has 0 atom stereocenters. The Balaban J connectivity index is 1.29. The monoisotopic (exact) mass is 481 g/mol. The lowest BCUT2D eigenvalue weighted by Crippen LogP contribution is -2.35. The van der Waals surface area contributed by atoms with Crippen LogP contribution >= 0.6 is 0 Å². The van der Waals surface area contributed by atoms with Gasteiger partial charge >= 0.3 is 5.97 Å². The van der Waals surface area contributed by atoms with Crippen molar-refractivity contribution in [1.82, 2.24) is 20.0 Å². The fourth-order valence-corrected chi connectivity index (χ4v) is 3.93. The number of amides is 1. The van der Waals surface area contributed by atoms with Crippen LogP contribution in [0.2, 0.25) is 0 Å². The van der Waals surface area contributed by atoms with Gasteiger partial charge in [-0.25, -0.2) is 14.2 Å². The summed E-state index contributed by atoms with van der Waals surface area (Å²) in [6.45, 7) is 6.39. The zero-order chi connectivity index (χ0) is 24.8. The third-order valence-corrected chi connectivity index (χ3v) is 5.87. The van der Waals surface area contributed by atoms with Gasteiger partial charge in [-0.05, 0) is 56.2 Å². The van der Waals surface area contributed by atoms with Crippen molar-refractivity contribution in [2.75, 3.05) is 37.7 Å². The number of aromatic nitrogens is 3. The number of rotatable bonds is 7. The van der Waals surface area contributed by atoms with Crippen LogP contribution in [0.1, 0.15) is 41.6 Å². The maximum Gasteiger partial charge on any atom is 0.339 e. The van der Waals surface area contributed by atoms with Crippen molar-refractivity contribution in [2.24, 2.45) is 0 Å². The van der Waals surface area contributed by atoms with E-state index in [9.17, 15) is 14.0 Å². The number of benzene rings is 1. The highest BCUT2D eigenvalue weighted by Gasteiger charge is 2.21. The molecule has 0 unspecified atom stereocenters. The van der Waals surface area contributed by atoms with Crippen LogP contribution in [0.3, 0.4) is 0 Å². The van der Waals surface area contributed by atoms with Gasteiger partial charge in [0.15, 0.2) is 0 Å². The number of anilines is 1. The molecule has 1 saturated heterocycles. The molecule has 0 spiro atoms. The van der Waals surface area contributed by atoms with E-state index < -0.39 is 0 Å². The summed E-state index contributed by atoms with van der Waals surface area (Å²) in [6, 6.07) is 8.15. The number of hydrogen-bond acceptors (Lipinski definition) is 8. The van der Waals surface area contributed by atoms with E-state index in [1.165, 1.54) is 12.3 Å². The first-order valence-electron chi connectivity index (χ1n) is 11.7. The lowest BCUT2D eigenvalue weighted by Gasteiger charge is -2.23. The molecule has 1 amide bonds. The van der Waals surface area contributed by atoms with Crippen molar-refractivity contribution in [3.63, 3.8) is 0 Å². The molecule has 2 aromatic heterocycles. The van der Waals surface area contributed by atoms with Crippen molar-refractivity contribution in [2.45, 2.75) is 33.1 Å². The molecule has 9 nitrogen and oxygen atoms in total. The molecular formula is C25H28FN5O4. The topological polar surface area (TPSA) is 102 Å². The van der Waals surface area contributed by atoms with Crippen LogP contribution in [0, 0.1) is 12.7 Å². The molecule has 1 aliphatic heterocycles. The number of halogens is 1. The summed E-state index contributed by atoms with van der Waals surface area (Å²) in [5, 5.41) is 3.96. The van der Waals surface area contributed by atoms with Crippen molar-refractivity contribution in [1.29, 1.82) is 0 Å². The first kappa shape index (κ1) is 24.3. The van der Waals surface area contributed by atoms with Crippen LogP contribution in [-0.4, -0.2) is 64.7 Å². The molecular weight excluding hydrogens is 453 g/mol. The van der Waals surface area contributed by atoms with Gasteiger partial charge in [0, 0.05) is 50.8 Å². The van der Waals surface area contributed by atoms with E-state index in [0.29, 0.717) is 61.1 Å². The van der Waals surface area contributed by atoms with Gasteiger partial charge in [0.2, 0.25) is 17.6 Å². The summed E-state index contributed by atoms with van der Waals surface area (Å²) < 4.78 is 23.8. The second kappa shape index (κ2) is 11.1. The number of hydrogen-bond donors (Lipinski definition) is 0. The van der Waals surface area contributed by atoms with E-state index in [1.54, 1.807) is 38.1 Å². The standard InChI is InChI=1S/C25H28FN5O4/c1-3-34-25(33)19-6-8-21(27-16-19)30-11-4-12-31(14-13-30)23(32)10-9-22-28-24(29-35-22)18-5-7-20(26)17(2)15-18/h5-8,15-16H,3-4,9-14H2,1-2H3. The number of carbonyl (C=O) groups is 2. The highest BCUT2D eigenvalue weighted by Crippen LogP contribution is 2.20. The Morgan fingerprint density at radius 3 is 2.74 bits per heavy atom. The fraction of sp³-hybridized carbons (Fsp3) is 0.400. The van der Waals surface area contributed by atoms with Gasteiger partial charge in [-0.1, -0.05) is 5.16 Å². The summed E-state index contributed by atoms with van der Waals surface area (Å²) >= 11 is 0. The number of nitrogens with zero attached hydrogens (tertiary/aromatic N) is 5. The Labute approximate surface area is 202 Å². The van der Waals surface area contributed by atoms with Crippen molar-refractivity contribution >= 4 is 17.7 Å². The van der Waals surface area contributed by atoms with E-state index in [0.717, 1.165) is 18.8 Å². The van der Waals surface area contributed by atoms with Gasteiger partial charge in [0.05, 0.1) is 12.2 Å². The molecule has 35 heavy (non-hydrogen) atoms. The Morgan fingerprint density at radius 1 is 1.14 bits per heavy atom. The predicted molar refractivity (Wildman–Crippen MR) is 126 cm³/mol.